The molecule has 0 heterocycles. The summed E-state index contributed by atoms with van der Waals surface area (Å²) in [6.07, 6.45) is 7.72. The molecule has 0 aromatic heterocycles. The second kappa shape index (κ2) is 11.5. The summed E-state index contributed by atoms with van der Waals surface area (Å²) < 4.78 is 10.7. The molecule has 0 aromatic carbocycles. The average molecular weight is 451 g/mol. The summed E-state index contributed by atoms with van der Waals surface area (Å²) in [6.45, 7) is 10.1. The highest BCUT2D eigenvalue weighted by Crippen LogP contribution is 2.46. The van der Waals surface area contributed by atoms with Crippen LogP contribution in [-0.4, -0.2) is 47.6 Å². The van der Waals surface area contributed by atoms with E-state index in [-0.39, 0.29) is 42.7 Å². The Bertz CT molecular complexity index is 709. The number of aliphatic hydroxyl groups is 2. The Labute approximate surface area is 193 Å². The van der Waals surface area contributed by atoms with Crippen molar-refractivity contribution in [3.8, 4) is 0 Å². The summed E-state index contributed by atoms with van der Waals surface area (Å²) >= 11 is 0. The zero-order chi connectivity index (χ0) is 24.1. The highest BCUT2D eigenvalue weighted by molar-refractivity contribution is 5.76. The maximum atomic E-state index is 12.9. The molecule has 0 bridgehead atoms. The molecule has 7 atom stereocenters. The number of rotatable bonds is 10. The van der Waals surface area contributed by atoms with E-state index in [1.807, 2.05) is 20.8 Å². The van der Waals surface area contributed by atoms with Gasteiger partial charge < -0.3 is 19.7 Å². The maximum absolute atomic E-state index is 12.9. The van der Waals surface area contributed by atoms with Crippen molar-refractivity contribution < 1.29 is 29.3 Å². The van der Waals surface area contributed by atoms with Gasteiger partial charge in [0.2, 0.25) is 0 Å². The number of ether oxygens (including phenoxy) is 2. The van der Waals surface area contributed by atoms with E-state index in [1.54, 1.807) is 0 Å². The predicted molar refractivity (Wildman–Crippen MR) is 124 cm³/mol. The third kappa shape index (κ3) is 6.92. The molecule has 2 aliphatic carbocycles. The minimum atomic E-state index is -0.917. The van der Waals surface area contributed by atoms with Crippen LogP contribution in [0.1, 0.15) is 73.1 Å². The fourth-order valence-corrected chi connectivity index (χ4v) is 4.94. The van der Waals surface area contributed by atoms with Crippen molar-refractivity contribution in [1.82, 2.24) is 0 Å². The van der Waals surface area contributed by atoms with E-state index in [0.29, 0.717) is 12.3 Å². The average Bonchev–Trinajstić information content (AvgIpc) is 2.72. The molecular weight excluding hydrogens is 408 g/mol. The molecule has 6 unspecified atom stereocenters. The molecule has 0 aliphatic heterocycles. The van der Waals surface area contributed by atoms with E-state index in [4.69, 9.17) is 4.74 Å². The fourth-order valence-electron chi connectivity index (χ4n) is 4.94. The van der Waals surface area contributed by atoms with Crippen LogP contribution in [0.5, 0.6) is 0 Å². The Balaban J connectivity index is 2.09. The van der Waals surface area contributed by atoms with Crippen LogP contribution in [0.15, 0.2) is 23.8 Å². The van der Waals surface area contributed by atoms with Gasteiger partial charge in [0.1, 0.15) is 6.10 Å². The lowest BCUT2D eigenvalue weighted by Crippen LogP contribution is -2.44. The molecule has 0 aromatic rings. The van der Waals surface area contributed by atoms with Gasteiger partial charge in [-0.15, -0.1) is 0 Å². The van der Waals surface area contributed by atoms with Crippen LogP contribution in [0.2, 0.25) is 0 Å². The van der Waals surface area contributed by atoms with Crippen LogP contribution in [0.25, 0.3) is 0 Å². The van der Waals surface area contributed by atoms with Gasteiger partial charge in [-0.25, -0.2) is 0 Å². The summed E-state index contributed by atoms with van der Waals surface area (Å²) in [6, 6.07) is 0. The molecule has 182 valence electrons. The van der Waals surface area contributed by atoms with E-state index in [9.17, 15) is 19.8 Å². The van der Waals surface area contributed by atoms with Crippen molar-refractivity contribution in [2.45, 2.75) is 91.5 Å². The topological polar surface area (TPSA) is 93.1 Å². The Morgan fingerprint density at radius 3 is 2.53 bits per heavy atom. The molecule has 6 nitrogen and oxygen atoms in total. The number of fused-ring (bicyclic) bond motifs is 1. The molecule has 0 amide bonds. The smallest absolute Gasteiger partial charge is 0.311 e. The molecule has 32 heavy (non-hydrogen) atoms. The third-order valence-corrected chi connectivity index (χ3v) is 7.38. The van der Waals surface area contributed by atoms with Gasteiger partial charge in [-0.3, -0.25) is 9.59 Å². The first kappa shape index (κ1) is 26.6. The van der Waals surface area contributed by atoms with Gasteiger partial charge in [0, 0.05) is 18.3 Å². The van der Waals surface area contributed by atoms with E-state index in [0.717, 1.165) is 19.3 Å². The van der Waals surface area contributed by atoms with Crippen LogP contribution in [-0.2, 0) is 19.1 Å². The zero-order valence-corrected chi connectivity index (χ0v) is 20.5. The number of carbonyl (C=O) groups excluding carboxylic acids is 2. The maximum Gasteiger partial charge on any atom is 0.311 e. The van der Waals surface area contributed by atoms with Crippen LogP contribution in [0.3, 0.4) is 0 Å². The minimum absolute atomic E-state index is 0.115. The standard InChI is InChI=1S/C26H42O6/c1-7-26(4,5)25(30)32-22-13-16(2)12-18-9-8-17(3)21(24(18)22)11-10-19(27)14-20(28)15-23(29)31-6/h8-9,12,17-22,24,27-28H,7,10-11,13-15H2,1-6H3/t17-,18?,19?,20?,21?,22?,24?/m0/s1. The lowest BCUT2D eigenvalue weighted by Gasteiger charge is -2.45. The lowest BCUT2D eigenvalue weighted by atomic mass is 9.63. The SMILES string of the molecule is CCC(C)(C)C(=O)OC1CC(C)=CC2C=C[C@H](C)C(CCC(O)CC(O)CC(=O)OC)C21. The Morgan fingerprint density at radius 2 is 1.91 bits per heavy atom. The van der Waals surface area contributed by atoms with Crippen molar-refractivity contribution in [1.29, 1.82) is 0 Å². The highest BCUT2D eigenvalue weighted by atomic mass is 16.5. The summed E-state index contributed by atoms with van der Waals surface area (Å²) in [5.41, 5.74) is 0.726. The van der Waals surface area contributed by atoms with E-state index in [1.165, 1.54) is 12.7 Å². The van der Waals surface area contributed by atoms with Gasteiger partial charge in [0.15, 0.2) is 0 Å². The van der Waals surface area contributed by atoms with Crippen molar-refractivity contribution in [3.63, 3.8) is 0 Å². The molecular formula is C26H42O6. The van der Waals surface area contributed by atoms with Gasteiger partial charge >= 0.3 is 11.9 Å². The van der Waals surface area contributed by atoms with Gasteiger partial charge in [0.05, 0.1) is 31.2 Å². The van der Waals surface area contributed by atoms with Gasteiger partial charge in [-0.2, -0.15) is 0 Å². The molecule has 0 spiro atoms. The van der Waals surface area contributed by atoms with Crippen molar-refractivity contribution in [2.75, 3.05) is 7.11 Å². The van der Waals surface area contributed by atoms with E-state index < -0.39 is 23.6 Å². The van der Waals surface area contributed by atoms with Gasteiger partial charge in [-0.05, 0) is 58.3 Å². The second-order valence-corrected chi connectivity index (χ2v) is 10.4. The van der Waals surface area contributed by atoms with Crippen LogP contribution in [0, 0.1) is 29.1 Å². The van der Waals surface area contributed by atoms with E-state index >= 15 is 0 Å². The Kier molecular flexibility index (Phi) is 9.53. The molecule has 6 heteroatoms. The number of hydrogen-bond acceptors (Lipinski definition) is 6. The monoisotopic (exact) mass is 450 g/mol. The Hall–Kier alpha value is -1.66. The third-order valence-electron chi connectivity index (χ3n) is 7.38. The number of methoxy groups -OCH3 is 1. The normalized spacial score (nSPS) is 29.5. The highest BCUT2D eigenvalue weighted by Gasteiger charge is 2.44. The quantitative estimate of drug-likeness (QED) is 0.383. The molecule has 2 N–H and O–H groups in total. The predicted octanol–water partition coefficient (Wildman–Crippen LogP) is 4.19. The van der Waals surface area contributed by atoms with Crippen molar-refractivity contribution >= 4 is 11.9 Å². The molecule has 2 aliphatic rings. The first-order valence-electron chi connectivity index (χ1n) is 12.0. The van der Waals surface area contributed by atoms with Crippen molar-refractivity contribution in [3.05, 3.63) is 23.8 Å². The second-order valence-electron chi connectivity index (χ2n) is 10.4. The zero-order valence-electron chi connectivity index (χ0n) is 20.5. The summed E-state index contributed by atoms with van der Waals surface area (Å²) in [4.78, 5) is 24.2. The summed E-state index contributed by atoms with van der Waals surface area (Å²) in [5, 5.41) is 20.5. The minimum Gasteiger partial charge on any atom is -0.469 e. The van der Waals surface area contributed by atoms with Gasteiger partial charge in [0.25, 0.3) is 0 Å². The molecule has 0 saturated heterocycles. The summed E-state index contributed by atoms with van der Waals surface area (Å²) in [7, 11) is 1.28. The number of aliphatic hydroxyl groups excluding tert-OH is 2. The fraction of sp³-hybridized carbons (Fsp3) is 0.769. The molecule has 2 rings (SSSR count). The summed E-state index contributed by atoms with van der Waals surface area (Å²) in [5.74, 6) is 0.310. The number of carbonyl (C=O) groups is 2. The Morgan fingerprint density at radius 1 is 1.22 bits per heavy atom. The number of allylic oxidation sites excluding steroid dienone is 3. The molecule has 0 radical (unpaired) electrons. The first-order valence-corrected chi connectivity index (χ1v) is 12.0. The van der Waals surface area contributed by atoms with Gasteiger partial charge in [-0.1, -0.05) is 37.6 Å². The number of esters is 2. The first-order chi connectivity index (χ1) is 15.0. The van der Waals surface area contributed by atoms with E-state index in [2.05, 4.69) is 36.8 Å². The molecule has 0 saturated carbocycles. The van der Waals surface area contributed by atoms with Crippen LogP contribution >= 0.6 is 0 Å². The van der Waals surface area contributed by atoms with Crippen LogP contribution < -0.4 is 0 Å². The largest absolute Gasteiger partial charge is 0.469 e. The number of hydrogen-bond donors (Lipinski definition) is 2. The molecule has 0 fully saturated rings. The lowest BCUT2D eigenvalue weighted by molar-refractivity contribution is -0.165. The van der Waals surface area contributed by atoms with Crippen molar-refractivity contribution in [2.24, 2.45) is 29.1 Å². The van der Waals surface area contributed by atoms with Crippen LogP contribution in [0.4, 0.5) is 0 Å².